The summed E-state index contributed by atoms with van der Waals surface area (Å²) in [5.74, 6) is 6.15. The van der Waals surface area contributed by atoms with E-state index < -0.39 is 0 Å². The zero-order valence-corrected chi connectivity index (χ0v) is 11.7. The predicted molar refractivity (Wildman–Crippen MR) is 74.6 cm³/mol. The van der Waals surface area contributed by atoms with Crippen molar-refractivity contribution in [3.05, 3.63) is 44.2 Å². The third-order valence-electron chi connectivity index (χ3n) is 2.57. The number of hydrazine groups is 1. The van der Waals surface area contributed by atoms with Crippen molar-refractivity contribution in [2.45, 2.75) is 13.0 Å². The number of nitrogens with one attached hydrogen (secondary N) is 1. The van der Waals surface area contributed by atoms with Gasteiger partial charge in [0.1, 0.15) is 5.82 Å². The van der Waals surface area contributed by atoms with Crippen LogP contribution in [0.5, 0.6) is 0 Å². The van der Waals surface area contributed by atoms with E-state index >= 15 is 0 Å². The first kappa shape index (κ1) is 12.5. The first-order valence-electron chi connectivity index (χ1n) is 5.06. The number of nitrogens with zero attached hydrogens (tertiary/aromatic N) is 1. The molecule has 0 aliphatic carbocycles. The quantitative estimate of drug-likeness (QED) is 0.600. The van der Waals surface area contributed by atoms with Crippen molar-refractivity contribution >= 4 is 33.1 Å². The van der Waals surface area contributed by atoms with Crippen LogP contribution < -0.4 is 17.0 Å². The fourth-order valence-corrected chi connectivity index (χ4v) is 3.25. The lowest BCUT2D eigenvalue weighted by molar-refractivity contribution is 0.643. The Morgan fingerprint density at radius 2 is 2.18 bits per heavy atom. The molecule has 0 aliphatic heterocycles. The lowest BCUT2D eigenvalue weighted by Crippen LogP contribution is -2.29. The molecule has 5 N–H and O–H groups in total. The molecule has 17 heavy (non-hydrogen) atoms. The molecule has 0 amide bonds. The Balaban J connectivity index is 2.49. The minimum absolute atomic E-state index is 0.125. The molecule has 0 spiro atoms. The highest BCUT2D eigenvalue weighted by Crippen LogP contribution is 2.33. The number of halogens is 1. The van der Waals surface area contributed by atoms with Crippen molar-refractivity contribution < 1.29 is 0 Å². The molecule has 2 aromatic rings. The predicted octanol–water partition coefficient (Wildman–Crippen LogP) is 2.35. The number of anilines is 1. The summed E-state index contributed by atoms with van der Waals surface area (Å²) in [6.07, 6.45) is 1.70. The van der Waals surface area contributed by atoms with Crippen molar-refractivity contribution in [3.63, 3.8) is 0 Å². The third-order valence-corrected chi connectivity index (χ3v) is 4.26. The number of nitrogens with two attached hydrogens (primary N) is 2. The Kier molecular flexibility index (Phi) is 3.78. The number of rotatable bonds is 3. The molecule has 2 rings (SSSR count). The fourth-order valence-electron chi connectivity index (χ4n) is 1.76. The van der Waals surface area contributed by atoms with Gasteiger partial charge in [-0.2, -0.15) is 0 Å². The molecule has 0 bridgehead atoms. The smallest absolute Gasteiger partial charge is 0.128 e. The van der Waals surface area contributed by atoms with E-state index in [1.807, 2.05) is 25.1 Å². The molecule has 1 atom stereocenters. The van der Waals surface area contributed by atoms with Gasteiger partial charge >= 0.3 is 0 Å². The summed E-state index contributed by atoms with van der Waals surface area (Å²) >= 11 is 5.07. The average molecular weight is 313 g/mol. The summed E-state index contributed by atoms with van der Waals surface area (Å²) in [4.78, 5) is 5.22. The summed E-state index contributed by atoms with van der Waals surface area (Å²) in [6.45, 7) is 2.00. The summed E-state index contributed by atoms with van der Waals surface area (Å²) in [7, 11) is 0. The highest BCUT2D eigenvalue weighted by atomic mass is 79.9. The number of pyridine rings is 1. The molecule has 0 radical (unpaired) electrons. The van der Waals surface area contributed by atoms with Gasteiger partial charge in [-0.05, 0) is 46.6 Å². The van der Waals surface area contributed by atoms with Crippen LogP contribution in [-0.4, -0.2) is 4.98 Å². The standard InChI is InChI=1S/C11H13BrN4S/c1-6-4-5-15-11(13)9(6)10(16-14)7-2-3-8(12)17-7/h2-5,10,16H,14H2,1H3,(H2,13,15). The second-order valence-electron chi connectivity index (χ2n) is 3.67. The first-order valence-corrected chi connectivity index (χ1v) is 6.66. The number of aromatic nitrogens is 1. The molecule has 2 aromatic heterocycles. The Morgan fingerprint density at radius 3 is 2.71 bits per heavy atom. The monoisotopic (exact) mass is 312 g/mol. The Bertz CT molecular complexity index is 506. The van der Waals surface area contributed by atoms with Crippen LogP contribution in [-0.2, 0) is 0 Å². The van der Waals surface area contributed by atoms with Crippen LogP contribution in [0.4, 0.5) is 5.82 Å². The van der Waals surface area contributed by atoms with Crippen LogP contribution in [0, 0.1) is 6.92 Å². The van der Waals surface area contributed by atoms with E-state index in [4.69, 9.17) is 11.6 Å². The topological polar surface area (TPSA) is 77.0 Å². The van der Waals surface area contributed by atoms with E-state index in [-0.39, 0.29) is 6.04 Å². The van der Waals surface area contributed by atoms with Gasteiger partial charge in [-0.15, -0.1) is 11.3 Å². The summed E-state index contributed by atoms with van der Waals surface area (Å²) in [6, 6.07) is 5.82. The van der Waals surface area contributed by atoms with Gasteiger partial charge < -0.3 is 5.73 Å². The molecule has 0 saturated carbocycles. The Labute approximate surface area is 112 Å². The molecule has 0 fully saturated rings. The van der Waals surface area contributed by atoms with Crippen LogP contribution in [0.25, 0.3) is 0 Å². The number of thiophene rings is 1. The van der Waals surface area contributed by atoms with Crippen LogP contribution >= 0.6 is 27.3 Å². The molecule has 90 valence electrons. The van der Waals surface area contributed by atoms with Crippen LogP contribution in [0.3, 0.4) is 0 Å². The van der Waals surface area contributed by atoms with Crippen molar-refractivity contribution in [2.75, 3.05) is 5.73 Å². The molecular formula is C11H13BrN4S. The van der Waals surface area contributed by atoms with Crippen LogP contribution in [0.2, 0.25) is 0 Å². The molecule has 2 heterocycles. The normalized spacial score (nSPS) is 12.6. The highest BCUT2D eigenvalue weighted by molar-refractivity contribution is 9.11. The van der Waals surface area contributed by atoms with E-state index in [0.717, 1.165) is 19.8 Å². The minimum atomic E-state index is -0.125. The van der Waals surface area contributed by atoms with Gasteiger partial charge in [0.05, 0.1) is 9.83 Å². The van der Waals surface area contributed by atoms with E-state index in [2.05, 4.69) is 26.3 Å². The Hall–Kier alpha value is -0.950. The number of nitrogen functional groups attached to an aromatic ring is 1. The maximum Gasteiger partial charge on any atom is 0.128 e. The van der Waals surface area contributed by atoms with E-state index in [0.29, 0.717) is 5.82 Å². The zero-order valence-electron chi connectivity index (χ0n) is 9.27. The van der Waals surface area contributed by atoms with Gasteiger partial charge in [0.2, 0.25) is 0 Å². The van der Waals surface area contributed by atoms with Crippen molar-refractivity contribution in [2.24, 2.45) is 5.84 Å². The van der Waals surface area contributed by atoms with Gasteiger partial charge in [0.15, 0.2) is 0 Å². The molecule has 6 heteroatoms. The van der Waals surface area contributed by atoms with Crippen molar-refractivity contribution in [3.8, 4) is 0 Å². The SMILES string of the molecule is Cc1ccnc(N)c1C(NN)c1ccc(Br)s1. The summed E-state index contributed by atoms with van der Waals surface area (Å²) < 4.78 is 1.06. The van der Waals surface area contributed by atoms with Crippen LogP contribution in [0.1, 0.15) is 22.0 Å². The number of hydrogen-bond acceptors (Lipinski definition) is 5. The minimum Gasteiger partial charge on any atom is -0.383 e. The van der Waals surface area contributed by atoms with Crippen molar-refractivity contribution in [1.82, 2.24) is 10.4 Å². The van der Waals surface area contributed by atoms with E-state index in [1.54, 1.807) is 17.5 Å². The van der Waals surface area contributed by atoms with Crippen molar-refractivity contribution in [1.29, 1.82) is 0 Å². The fraction of sp³-hybridized carbons (Fsp3) is 0.182. The maximum atomic E-state index is 5.93. The van der Waals surface area contributed by atoms with Gasteiger partial charge in [-0.25, -0.2) is 10.4 Å². The average Bonchev–Trinajstić information content (AvgIpc) is 2.70. The summed E-state index contributed by atoms with van der Waals surface area (Å²) in [5, 5.41) is 0. The molecule has 0 aromatic carbocycles. The lowest BCUT2D eigenvalue weighted by Gasteiger charge is -2.18. The highest BCUT2D eigenvalue weighted by Gasteiger charge is 2.19. The van der Waals surface area contributed by atoms with Gasteiger partial charge in [-0.1, -0.05) is 0 Å². The second kappa shape index (κ2) is 5.14. The molecule has 0 aliphatic rings. The first-order chi connectivity index (χ1) is 8.13. The van der Waals surface area contributed by atoms with Gasteiger partial charge in [-0.3, -0.25) is 5.84 Å². The zero-order chi connectivity index (χ0) is 12.4. The van der Waals surface area contributed by atoms with E-state index in [9.17, 15) is 0 Å². The lowest BCUT2D eigenvalue weighted by atomic mass is 10.0. The molecule has 0 saturated heterocycles. The molecule has 1 unspecified atom stereocenters. The van der Waals surface area contributed by atoms with E-state index in [1.165, 1.54) is 0 Å². The largest absolute Gasteiger partial charge is 0.383 e. The van der Waals surface area contributed by atoms with Gasteiger partial charge in [0, 0.05) is 16.6 Å². The molecular weight excluding hydrogens is 300 g/mol. The second-order valence-corrected chi connectivity index (χ2v) is 6.16. The summed E-state index contributed by atoms with van der Waals surface area (Å²) in [5.41, 5.74) is 10.7. The van der Waals surface area contributed by atoms with Gasteiger partial charge in [0.25, 0.3) is 0 Å². The third kappa shape index (κ3) is 2.50. The molecule has 4 nitrogen and oxygen atoms in total. The van der Waals surface area contributed by atoms with Crippen LogP contribution in [0.15, 0.2) is 28.2 Å². The maximum absolute atomic E-state index is 5.93. The number of hydrogen-bond donors (Lipinski definition) is 3. The number of aryl methyl sites for hydroxylation is 1. The Morgan fingerprint density at radius 1 is 1.41 bits per heavy atom.